The molecule has 2 heterocycles. The lowest BCUT2D eigenvalue weighted by Crippen LogP contribution is -2.41. The van der Waals surface area contributed by atoms with E-state index in [2.05, 4.69) is 44.5 Å². The van der Waals surface area contributed by atoms with Gasteiger partial charge in [0.05, 0.1) is 0 Å². The summed E-state index contributed by atoms with van der Waals surface area (Å²) in [6.07, 6.45) is 7.05. The molecule has 7 heteroatoms. The van der Waals surface area contributed by atoms with Gasteiger partial charge in [-0.15, -0.1) is 10.2 Å². The molecule has 0 bridgehead atoms. The zero-order valence-electron chi connectivity index (χ0n) is 16.5. The van der Waals surface area contributed by atoms with Crippen LogP contribution in [0, 0.1) is 0 Å². The van der Waals surface area contributed by atoms with Gasteiger partial charge in [0.2, 0.25) is 0 Å². The van der Waals surface area contributed by atoms with Gasteiger partial charge in [0, 0.05) is 36.5 Å². The number of guanidine groups is 1. The Bertz CT molecular complexity index is 839. The number of halogens is 1. The number of hydrogen-bond acceptors (Lipinski definition) is 3. The third kappa shape index (κ3) is 4.32. The smallest absolute Gasteiger partial charge is 0.191 e. The molecule has 0 unspecified atom stereocenters. The molecule has 2 aromatic rings. The van der Waals surface area contributed by atoms with Gasteiger partial charge in [0.1, 0.15) is 12.4 Å². The lowest BCUT2D eigenvalue weighted by atomic mass is 9.96. The van der Waals surface area contributed by atoms with Gasteiger partial charge < -0.3 is 15.2 Å². The Morgan fingerprint density at radius 1 is 1.21 bits per heavy atom. The number of nitrogens with one attached hydrogen (secondary N) is 2. The van der Waals surface area contributed by atoms with Crippen LogP contribution in [0.2, 0.25) is 5.02 Å². The molecule has 6 nitrogen and oxygen atoms in total. The molecule has 0 saturated heterocycles. The van der Waals surface area contributed by atoms with Gasteiger partial charge in [0.25, 0.3) is 0 Å². The van der Waals surface area contributed by atoms with Crippen LogP contribution in [-0.4, -0.2) is 33.8 Å². The van der Waals surface area contributed by atoms with Crippen molar-refractivity contribution in [3.05, 3.63) is 46.5 Å². The molecule has 0 atom stereocenters. The number of hydrogen-bond donors (Lipinski definition) is 2. The first-order valence-electron chi connectivity index (χ1n) is 10.4. The van der Waals surface area contributed by atoms with Gasteiger partial charge in [-0.1, -0.05) is 30.2 Å². The monoisotopic (exact) mass is 400 g/mol. The van der Waals surface area contributed by atoms with Crippen LogP contribution in [0.25, 0.3) is 0 Å². The van der Waals surface area contributed by atoms with Gasteiger partial charge >= 0.3 is 0 Å². The van der Waals surface area contributed by atoms with Gasteiger partial charge in [0.15, 0.2) is 11.8 Å². The van der Waals surface area contributed by atoms with Crippen molar-refractivity contribution in [3.8, 4) is 0 Å². The van der Waals surface area contributed by atoms with Gasteiger partial charge in [-0.05, 0) is 50.3 Å². The molecule has 2 N–H and O–H groups in total. The minimum Gasteiger partial charge on any atom is -0.357 e. The van der Waals surface area contributed by atoms with Crippen molar-refractivity contribution in [2.75, 3.05) is 13.1 Å². The lowest BCUT2D eigenvalue weighted by molar-refractivity contribution is 0.604. The molecule has 1 aliphatic heterocycles. The fourth-order valence-electron chi connectivity index (χ4n) is 3.94. The highest BCUT2D eigenvalue weighted by Gasteiger charge is 2.44. The van der Waals surface area contributed by atoms with Crippen molar-refractivity contribution in [1.82, 2.24) is 25.4 Å². The van der Waals surface area contributed by atoms with E-state index in [-0.39, 0.29) is 5.41 Å². The molecule has 1 aromatic heterocycles. The van der Waals surface area contributed by atoms with Crippen LogP contribution in [-0.2, 0) is 24.9 Å². The molecule has 0 radical (unpaired) electrons. The number of aromatic nitrogens is 3. The molecule has 28 heavy (non-hydrogen) atoms. The van der Waals surface area contributed by atoms with Gasteiger partial charge in [-0.2, -0.15) is 0 Å². The van der Waals surface area contributed by atoms with Crippen LogP contribution in [0.4, 0.5) is 0 Å². The molecule has 2 aliphatic rings. The van der Waals surface area contributed by atoms with Crippen LogP contribution in [0.3, 0.4) is 0 Å². The second-order valence-corrected chi connectivity index (χ2v) is 8.27. The summed E-state index contributed by atoms with van der Waals surface area (Å²) in [5.41, 5.74) is 1.48. The van der Waals surface area contributed by atoms with Crippen molar-refractivity contribution < 1.29 is 0 Å². The lowest BCUT2D eigenvalue weighted by Gasteiger charge is -2.19. The SMILES string of the molecule is CCNC(=NCc1nnc2n1CCCCC2)NCC1(c2cccc(Cl)c2)CC1. The zero-order chi connectivity index (χ0) is 19.4. The third-order valence-electron chi connectivity index (χ3n) is 5.79. The summed E-state index contributed by atoms with van der Waals surface area (Å²) in [6.45, 7) is 5.33. The normalized spacial score (nSPS) is 18.3. The van der Waals surface area contributed by atoms with E-state index in [1.54, 1.807) is 0 Å². The summed E-state index contributed by atoms with van der Waals surface area (Å²) < 4.78 is 2.26. The predicted octanol–water partition coefficient (Wildman–Crippen LogP) is 3.44. The average molecular weight is 401 g/mol. The summed E-state index contributed by atoms with van der Waals surface area (Å²) in [6, 6.07) is 8.23. The first-order valence-corrected chi connectivity index (χ1v) is 10.8. The quantitative estimate of drug-likeness (QED) is 0.575. The molecule has 0 spiro atoms. The number of benzene rings is 1. The Hall–Kier alpha value is -2.08. The van der Waals surface area contributed by atoms with E-state index in [1.165, 1.54) is 37.7 Å². The molecule has 1 saturated carbocycles. The highest BCUT2D eigenvalue weighted by molar-refractivity contribution is 6.30. The van der Waals surface area contributed by atoms with E-state index in [1.807, 2.05) is 12.1 Å². The number of fused-ring (bicyclic) bond motifs is 1. The number of nitrogens with zero attached hydrogens (tertiary/aromatic N) is 4. The summed E-state index contributed by atoms with van der Waals surface area (Å²) in [5.74, 6) is 2.91. The van der Waals surface area contributed by atoms with Crippen molar-refractivity contribution >= 4 is 17.6 Å². The van der Waals surface area contributed by atoms with Crippen LogP contribution < -0.4 is 10.6 Å². The standard InChI is InChI=1S/C21H29ClN6/c1-2-23-20(24-14-19-27-26-18-9-4-3-5-12-28(18)19)25-15-21(10-11-21)16-7-6-8-17(22)13-16/h6-8,13H,2-5,9-12,14-15H2,1H3,(H2,23,24,25). The molecular weight excluding hydrogens is 372 g/mol. The van der Waals surface area contributed by atoms with Crippen molar-refractivity contribution in [2.45, 2.75) is 64.0 Å². The maximum absolute atomic E-state index is 6.20. The topological polar surface area (TPSA) is 67.1 Å². The summed E-state index contributed by atoms with van der Waals surface area (Å²) in [7, 11) is 0. The Kier molecular flexibility index (Phi) is 5.85. The minimum atomic E-state index is 0.174. The second kappa shape index (κ2) is 8.52. The van der Waals surface area contributed by atoms with Gasteiger partial charge in [-0.25, -0.2) is 4.99 Å². The van der Waals surface area contributed by atoms with Crippen molar-refractivity contribution in [3.63, 3.8) is 0 Å². The van der Waals surface area contributed by atoms with Crippen LogP contribution in [0.5, 0.6) is 0 Å². The van der Waals surface area contributed by atoms with E-state index < -0.39 is 0 Å². The summed E-state index contributed by atoms with van der Waals surface area (Å²) >= 11 is 6.20. The third-order valence-corrected chi connectivity index (χ3v) is 6.03. The Labute approximate surface area is 171 Å². The predicted molar refractivity (Wildman–Crippen MR) is 113 cm³/mol. The highest BCUT2D eigenvalue weighted by atomic mass is 35.5. The molecule has 150 valence electrons. The van der Waals surface area contributed by atoms with E-state index in [0.29, 0.717) is 6.54 Å². The van der Waals surface area contributed by atoms with E-state index in [4.69, 9.17) is 16.6 Å². The largest absolute Gasteiger partial charge is 0.357 e. The maximum atomic E-state index is 6.20. The Morgan fingerprint density at radius 2 is 2.11 bits per heavy atom. The Balaban J connectivity index is 1.42. The maximum Gasteiger partial charge on any atom is 0.191 e. The number of aryl methyl sites for hydroxylation is 1. The molecule has 1 fully saturated rings. The molecule has 1 aromatic carbocycles. The van der Waals surface area contributed by atoms with Gasteiger partial charge in [-0.3, -0.25) is 0 Å². The van der Waals surface area contributed by atoms with E-state index in [0.717, 1.165) is 48.7 Å². The van der Waals surface area contributed by atoms with Crippen LogP contribution in [0.1, 0.15) is 56.2 Å². The highest BCUT2D eigenvalue weighted by Crippen LogP contribution is 2.48. The number of aliphatic imine (C=N–C) groups is 1. The molecular formula is C21H29ClN6. The van der Waals surface area contributed by atoms with Crippen molar-refractivity contribution in [2.24, 2.45) is 4.99 Å². The fraction of sp³-hybridized carbons (Fsp3) is 0.571. The molecule has 0 amide bonds. The first kappa shape index (κ1) is 19.2. The van der Waals surface area contributed by atoms with Crippen molar-refractivity contribution in [1.29, 1.82) is 0 Å². The minimum absolute atomic E-state index is 0.174. The summed E-state index contributed by atoms with van der Waals surface area (Å²) in [5, 5.41) is 16.5. The second-order valence-electron chi connectivity index (χ2n) is 7.83. The fourth-order valence-corrected chi connectivity index (χ4v) is 4.13. The molecule has 1 aliphatic carbocycles. The molecule has 4 rings (SSSR count). The number of rotatable bonds is 6. The summed E-state index contributed by atoms with van der Waals surface area (Å²) in [4.78, 5) is 4.78. The van der Waals surface area contributed by atoms with Crippen LogP contribution in [0.15, 0.2) is 29.3 Å². The van der Waals surface area contributed by atoms with Crippen LogP contribution >= 0.6 is 11.6 Å². The Morgan fingerprint density at radius 3 is 2.89 bits per heavy atom. The van der Waals surface area contributed by atoms with E-state index in [9.17, 15) is 0 Å². The first-order chi connectivity index (χ1) is 13.7. The zero-order valence-corrected chi connectivity index (χ0v) is 17.3. The average Bonchev–Trinajstić information content (AvgIpc) is 3.45. The van der Waals surface area contributed by atoms with E-state index >= 15 is 0 Å².